The molecule has 0 amide bonds. The normalized spacial score (nSPS) is 11.2. The summed E-state index contributed by atoms with van der Waals surface area (Å²) in [5, 5.41) is 0. The van der Waals surface area contributed by atoms with Crippen LogP contribution in [0, 0.1) is 0 Å². The van der Waals surface area contributed by atoms with E-state index >= 15 is 0 Å². The summed E-state index contributed by atoms with van der Waals surface area (Å²) in [5.74, 6) is 0. The van der Waals surface area contributed by atoms with Gasteiger partial charge in [-0.25, -0.2) is 0 Å². The van der Waals surface area contributed by atoms with Gasteiger partial charge < -0.3 is 5.73 Å². The van der Waals surface area contributed by atoms with E-state index in [9.17, 15) is 0 Å². The molecule has 0 aromatic heterocycles. The molecule has 2 nitrogen and oxygen atoms in total. The predicted molar refractivity (Wildman–Crippen MR) is 81.0 cm³/mol. The van der Waals surface area contributed by atoms with Gasteiger partial charge in [-0.3, -0.25) is 4.90 Å². The van der Waals surface area contributed by atoms with Gasteiger partial charge in [-0.1, -0.05) is 67.6 Å². The van der Waals surface area contributed by atoms with E-state index in [0.29, 0.717) is 6.54 Å². The lowest BCUT2D eigenvalue weighted by atomic mass is 9.97. The van der Waals surface area contributed by atoms with Crippen LogP contribution in [0.5, 0.6) is 0 Å². The molecule has 0 aliphatic carbocycles. The highest BCUT2D eigenvalue weighted by atomic mass is 15.2. The van der Waals surface area contributed by atoms with Gasteiger partial charge in [0.1, 0.15) is 0 Å². The molecule has 0 heterocycles. The molecule has 0 fully saturated rings. The van der Waals surface area contributed by atoms with E-state index in [2.05, 4.69) is 72.5 Å². The summed E-state index contributed by atoms with van der Waals surface area (Å²) in [7, 11) is 0. The molecule has 0 saturated heterocycles. The van der Waals surface area contributed by atoms with Crippen LogP contribution in [0.3, 0.4) is 0 Å². The van der Waals surface area contributed by atoms with Crippen molar-refractivity contribution in [1.29, 1.82) is 0 Å². The van der Waals surface area contributed by atoms with Gasteiger partial charge in [0, 0.05) is 13.1 Å². The third kappa shape index (κ3) is 3.43. The summed E-state index contributed by atoms with van der Waals surface area (Å²) < 4.78 is 0. The molecule has 0 aliphatic rings. The van der Waals surface area contributed by atoms with E-state index in [1.807, 2.05) is 0 Å². The van der Waals surface area contributed by atoms with E-state index in [1.165, 1.54) is 11.1 Å². The number of nitrogens with zero attached hydrogens (tertiary/aromatic N) is 1. The van der Waals surface area contributed by atoms with Crippen molar-refractivity contribution in [1.82, 2.24) is 4.90 Å². The van der Waals surface area contributed by atoms with Crippen LogP contribution in [0.1, 0.15) is 24.1 Å². The lowest BCUT2D eigenvalue weighted by Crippen LogP contribution is -2.33. The van der Waals surface area contributed by atoms with Gasteiger partial charge in [-0.15, -0.1) is 0 Å². The van der Waals surface area contributed by atoms with Crippen LogP contribution in [0.25, 0.3) is 0 Å². The van der Waals surface area contributed by atoms with Crippen molar-refractivity contribution in [2.45, 2.75) is 13.0 Å². The Hall–Kier alpha value is -1.64. The molecule has 0 radical (unpaired) electrons. The fourth-order valence-electron chi connectivity index (χ4n) is 2.52. The van der Waals surface area contributed by atoms with Crippen molar-refractivity contribution < 1.29 is 0 Å². The van der Waals surface area contributed by atoms with E-state index in [0.717, 1.165) is 13.1 Å². The van der Waals surface area contributed by atoms with Crippen molar-refractivity contribution in [3.05, 3.63) is 71.8 Å². The summed E-state index contributed by atoms with van der Waals surface area (Å²) in [5.41, 5.74) is 8.40. The first-order valence-electron chi connectivity index (χ1n) is 6.90. The summed E-state index contributed by atoms with van der Waals surface area (Å²) in [6.45, 7) is 4.77. The van der Waals surface area contributed by atoms with Crippen molar-refractivity contribution in [3.8, 4) is 0 Å². The van der Waals surface area contributed by atoms with E-state index in [4.69, 9.17) is 5.73 Å². The maximum Gasteiger partial charge on any atom is 0.0602 e. The van der Waals surface area contributed by atoms with Gasteiger partial charge in [0.25, 0.3) is 0 Å². The summed E-state index contributed by atoms with van der Waals surface area (Å²) in [6.07, 6.45) is 0. The Balaban J connectivity index is 2.38. The summed E-state index contributed by atoms with van der Waals surface area (Å²) >= 11 is 0. The quantitative estimate of drug-likeness (QED) is 0.858. The minimum absolute atomic E-state index is 0.288. The number of hydrogen-bond donors (Lipinski definition) is 1. The van der Waals surface area contributed by atoms with Crippen LogP contribution in [-0.2, 0) is 0 Å². The number of likely N-dealkylation sites (N-methyl/N-ethyl adjacent to an activating group) is 1. The lowest BCUT2D eigenvalue weighted by Gasteiger charge is -2.31. The molecule has 19 heavy (non-hydrogen) atoms. The first-order valence-corrected chi connectivity index (χ1v) is 6.90. The number of hydrogen-bond acceptors (Lipinski definition) is 2. The first kappa shape index (κ1) is 13.8. The van der Waals surface area contributed by atoms with E-state index in [1.54, 1.807) is 0 Å². The number of rotatable bonds is 6. The van der Waals surface area contributed by atoms with Crippen LogP contribution in [0.2, 0.25) is 0 Å². The SMILES string of the molecule is CCN(CCN)C(c1ccccc1)c1ccccc1. The second-order valence-electron chi connectivity index (χ2n) is 4.64. The molecule has 0 unspecified atom stereocenters. The molecular formula is C17H22N2. The molecule has 0 saturated carbocycles. The number of nitrogens with two attached hydrogens (primary N) is 1. The van der Waals surface area contributed by atoms with E-state index < -0.39 is 0 Å². The first-order chi connectivity index (χ1) is 9.36. The van der Waals surface area contributed by atoms with Crippen LogP contribution < -0.4 is 5.73 Å². The minimum Gasteiger partial charge on any atom is -0.329 e. The smallest absolute Gasteiger partial charge is 0.0602 e. The lowest BCUT2D eigenvalue weighted by molar-refractivity contribution is 0.244. The molecule has 2 heteroatoms. The third-order valence-electron chi connectivity index (χ3n) is 3.42. The molecular weight excluding hydrogens is 232 g/mol. The molecule has 0 atom stereocenters. The van der Waals surface area contributed by atoms with Crippen LogP contribution in [-0.4, -0.2) is 24.5 Å². The van der Waals surface area contributed by atoms with Gasteiger partial charge in [-0.05, 0) is 17.7 Å². The maximum absolute atomic E-state index is 5.76. The van der Waals surface area contributed by atoms with Crippen molar-refractivity contribution >= 4 is 0 Å². The zero-order valence-corrected chi connectivity index (χ0v) is 11.5. The Morgan fingerprint density at radius 2 is 1.37 bits per heavy atom. The predicted octanol–water partition coefficient (Wildman–Crippen LogP) is 3.06. The Bertz CT molecular complexity index is 428. The van der Waals surface area contributed by atoms with E-state index in [-0.39, 0.29) is 6.04 Å². The highest BCUT2D eigenvalue weighted by Gasteiger charge is 2.19. The molecule has 100 valence electrons. The van der Waals surface area contributed by atoms with Crippen LogP contribution in [0.4, 0.5) is 0 Å². The number of benzene rings is 2. The highest BCUT2D eigenvalue weighted by molar-refractivity contribution is 5.31. The second-order valence-corrected chi connectivity index (χ2v) is 4.64. The maximum atomic E-state index is 5.76. The molecule has 2 aromatic carbocycles. The topological polar surface area (TPSA) is 29.3 Å². The minimum atomic E-state index is 0.288. The Labute approximate surface area is 115 Å². The summed E-state index contributed by atoms with van der Waals surface area (Å²) in [4.78, 5) is 2.42. The molecule has 2 aromatic rings. The fourth-order valence-corrected chi connectivity index (χ4v) is 2.52. The Morgan fingerprint density at radius 1 is 0.895 bits per heavy atom. The molecule has 0 bridgehead atoms. The largest absolute Gasteiger partial charge is 0.329 e. The average molecular weight is 254 g/mol. The van der Waals surface area contributed by atoms with Crippen LogP contribution in [0.15, 0.2) is 60.7 Å². The standard InChI is InChI=1S/C17H22N2/c1-2-19(14-13-18)17(15-9-5-3-6-10-15)16-11-7-4-8-12-16/h3-12,17H,2,13-14,18H2,1H3. The van der Waals surface area contributed by atoms with Gasteiger partial charge >= 0.3 is 0 Å². The fraction of sp³-hybridized carbons (Fsp3) is 0.294. The molecule has 2 rings (SSSR count). The monoisotopic (exact) mass is 254 g/mol. The van der Waals surface area contributed by atoms with Gasteiger partial charge in [0.15, 0.2) is 0 Å². The molecule has 0 aliphatic heterocycles. The summed E-state index contributed by atoms with van der Waals surface area (Å²) in [6, 6.07) is 21.6. The van der Waals surface area contributed by atoms with Gasteiger partial charge in [0.05, 0.1) is 6.04 Å². The van der Waals surface area contributed by atoms with Gasteiger partial charge in [-0.2, -0.15) is 0 Å². The molecule has 2 N–H and O–H groups in total. The Morgan fingerprint density at radius 3 is 1.74 bits per heavy atom. The van der Waals surface area contributed by atoms with Crippen LogP contribution >= 0.6 is 0 Å². The highest BCUT2D eigenvalue weighted by Crippen LogP contribution is 2.27. The third-order valence-corrected chi connectivity index (χ3v) is 3.42. The second kappa shape index (κ2) is 7.07. The van der Waals surface area contributed by atoms with Crippen molar-refractivity contribution in [3.63, 3.8) is 0 Å². The Kier molecular flexibility index (Phi) is 5.13. The van der Waals surface area contributed by atoms with Gasteiger partial charge in [0.2, 0.25) is 0 Å². The zero-order chi connectivity index (χ0) is 13.5. The van der Waals surface area contributed by atoms with Crippen molar-refractivity contribution in [2.75, 3.05) is 19.6 Å². The molecule has 0 spiro atoms. The average Bonchev–Trinajstić information content (AvgIpc) is 2.49. The van der Waals surface area contributed by atoms with Crippen molar-refractivity contribution in [2.24, 2.45) is 5.73 Å². The zero-order valence-electron chi connectivity index (χ0n) is 11.5.